The highest BCUT2D eigenvalue weighted by Crippen LogP contribution is 2.62. The summed E-state index contributed by atoms with van der Waals surface area (Å²) in [6, 6.07) is 72.6. The van der Waals surface area contributed by atoms with Crippen LogP contribution in [-0.2, 0) is 5.41 Å². The minimum absolute atomic E-state index is 0.407. The minimum Gasteiger partial charge on any atom is -0.228 e. The summed E-state index contributed by atoms with van der Waals surface area (Å²) in [5.74, 6) is 0.711. The van der Waals surface area contributed by atoms with Crippen LogP contribution in [0, 0.1) is 6.92 Å². The van der Waals surface area contributed by atoms with Crippen molar-refractivity contribution in [2.45, 2.75) is 22.1 Å². The van der Waals surface area contributed by atoms with Gasteiger partial charge in [0, 0.05) is 26.5 Å². The van der Waals surface area contributed by atoms with Gasteiger partial charge in [-0.25, -0.2) is 9.97 Å². The van der Waals surface area contributed by atoms with Crippen molar-refractivity contribution in [1.29, 1.82) is 0 Å². The molecule has 0 saturated heterocycles. The normalized spacial score (nSPS) is 13.1. The molecular weight excluding hydrogens is 709 g/mol. The Hall–Kier alpha value is -6.81. The maximum absolute atomic E-state index is 5.14. The maximum atomic E-state index is 5.14. The summed E-state index contributed by atoms with van der Waals surface area (Å²) >= 11 is 1.89. The van der Waals surface area contributed by atoms with Gasteiger partial charge in [0.05, 0.1) is 16.8 Å². The number of aryl methyl sites for hydroxylation is 1. The molecule has 0 bridgehead atoms. The number of aromatic nitrogens is 2. The van der Waals surface area contributed by atoms with Gasteiger partial charge in [0.15, 0.2) is 5.82 Å². The van der Waals surface area contributed by atoms with Gasteiger partial charge in [-0.05, 0) is 105 Å². The number of nitrogens with zero attached hydrogens (tertiary/aromatic N) is 2. The molecule has 11 rings (SSSR count). The lowest BCUT2D eigenvalue weighted by atomic mass is 9.67. The predicted molar refractivity (Wildman–Crippen MR) is 235 cm³/mol. The fraction of sp³-hybridized carbons (Fsp3) is 0.0370. The van der Waals surface area contributed by atoms with Crippen molar-refractivity contribution >= 4 is 11.8 Å². The first kappa shape index (κ1) is 33.5. The molecule has 0 amide bonds. The molecule has 0 N–H and O–H groups in total. The molecule has 1 aromatic heterocycles. The van der Waals surface area contributed by atoms with E-state index in [1.165, 1.54) is 65.4 Å². The molecule has 268 valence electrons. The molecule has 8 aromatic carbocycles. The molecule has 9 aromatic rings. The predicted octanol–water partition coefficient (Wildman–Crippen LogP) is 13.9. The Bertz CT molecular complexity index is 2900. The fourth-order valence-corrected chi connectivity index (χ4v) is 10.2. The minimum atomic E-state index is -0.407. The molecule has 2 heterocycles. The van der Waals surface area contributed by atoms with Crippen LogP contribution in [0.25, 0.3) is 67.3 Å². The zero-order valence-electron chi connectivity index (χ0n) is 31.4. The van der Waals surface area contributed by atoms with E-state index in [9.17, 15) is 0 Å². The summed E-state index contributed by atoms with van der Waals surface area (Å²) < 4.78 is 0. The van der Waals surface area contributed by atoms with Crippen molar-refractivity contribution < 1.29 is 0 Å². The van der Waals surface area contributed by atoms with E-state index < -0.39 is 5.41 Å². The second kappa shape index (κ2) is 13.4. The first-order valence-electron chi connectivity index (χ1n) is 19.5. The average Bonchev–Trinajstić information content (AvgIpc) is 3.57. The van der Waals surface area contributed by atoms with Crippen LogP contribution in [0.3, 0.4) is 0 Å². The van der Waals surface area contributed by atoms with E-state index in [2.05, 4.69) is 195 Å². The Kier molecular flexibility index (Phi) is 7.90. The van der Waals surface area contributed by atoms with Crippen molar-refractivity contribution in [2.24, 2.45) is 0 Å². The van der Waals surface area contributed by atoms with Gasteiger partial charge in [-0.3, -0.25) is 0 Å². The molecule has 0 radical (unpaired) electrons. The van der Waals surface area contributed by atoms with Crippen LogP contribution in [-0.4, -0.2) is 9.97 Å². The Morgan fingerprint density at radius 3 is 1.56 bits per heavy atom. The first-order chi connectivity index (χ1) is 28.1. The van der Waals surface area contributed by atoms with Crippen molar-refractivity contribution in [2.75, 3.05) is 0 Å². The zero-order valence-corrected chi connectivity index (χ0v) is 32.2. The average molecular weight is 745 g/mol. The molecule has 1 aliphatic carbocycles. The van der Waals surface area contributed by atoms with Crippen molar-refractivity contribution in [1.82, 2.24) is 9.97 Å². The van der Waals surface area contributed by atoms with Crippen molar-refractivity contribution in [3.63, 3.8) is 0 Å². The molecule has 0 saturated carbocycles. The Morgan fingerprint density at radius 1 is 0.351 bits per heavy atom. The number of rotatable bonds is 5. The maximum Gasteiger partial charge on any atom is 0.160 e. The highest BCUT2D eigenvalue weighted by molar-refractivity contribution is 7.99. The van der Waals surface area contributed by atoms with Gasteiger partial charge in [0.1, 0.15) is 0 Å². The Balaban J connectivity index is 1.04. The second-order valence-electron chi connectivity index (χ2n) is 15.0. The van der Waals surface area contributed by atoms with E-state index in [1.54, 1.807) is 0 Å². The van der Waals surface area contributed by atoms with Crippen LogP contribution in [0.4, 0.5) is 0 Å². The summed E-state index contributed by atoms with van der Waals surface area (Å²) in [5.41, 5.74) is 18.5. The van der Waals surface area contributed by atoms with Gasteiger partial charge in [-0.2, -0.15) is 0 Å². The molecular formula is C54H36N2S. The quantitative estimate of drug-likeness (QED) is 0.175. The molecule has 0 fully saturated rings. The molecule has 2 nitrogen and oxygen atoms in total. The van der Waals surface area contributed by atoms with Crippen LogP contribution in [0.2, 0.25) is 0 Å². The standard InChI is InChI=1S/C54H36N2S/c1-35-27-28-41(53-55-49(36-15-4-2-5-16-36)34-50(56-53)37-17-6-3-7-18-37)32-44(35)40-20-14-19-38(31-40)39-29-30-52-48(33-39)54(47-25-12-13-26-51(47)57-52)45-23-10-8-21-42(45)43-22-9-11-24-46(43)54/h2-34H,1H3. The summed E-state index contributed by atoms with van der Waals surface area (Å²) in [5, 5.41) is 0. The molecule has 3 heteroatoms. The number of hydrogen-bond acceptors (Lipinski definition) is 3. The second-order valence-corrected chi connectivity index (χ2v) is 16.0. The van der Waals surface area contributed by atoms with Crippen LogP contribution >= 0.6 is 11.8 Å². The van der Waals surface area contributed by atoms with Crippen LogP contribution in [0.5, 0.6) is 0 Å². The monoisotopic (exact) mass is 744 g/mol. The lowest BCUT2D eigenvalue weighted by molar-refractivity contribution is 0.723. The molecule has 0 atom stereocenters. The third-order valence-corrected chi connectivity index (χ3v) is 12.9. The van der Waals surface area contributed by atoms with Gasteiger partial charge >= 0.3 is 0 Å². The number of fused-ring (bicyclic) bond motifs is 9. The molecule has 0 unspecified atom stereocenters. The lowest BCUT2D eigenvalue weighted by Gasteiger charge is -2.40. The number of benzene rings is 8. The van der Waals surface area contributed by atoms with Crippen molar-refractivity contribution in [3.05, 3.63) is 228 Å². The van der Waals surface area contributed by atoms with Gasteiger partial charge in [0.25, 0.3) is 0 Å². The third kappa shape index (κ3) is 5.42. The largest absolute Gasteiger partial charge is 0.228 e. The Morgan fingerprint density at radius 2 is 0.877 bits per heavy atom. The van der Waals surface area contributed by atoms with Crippen LogP contribution < -0.4 is 0 Å². The zero-order chi connectivity index (χ0) is 37.9. The highest BCUT2D eigenvalue weighted by Gasteiger charge is 2.50. The SMILES string of the molecule is Cc1ccc(-c2nc(-c3ccccc3)cc(-c3ccccc3)n2)cc1-c1cccc(-c2ccc3c(c2)C2(c4ccccc4S3)c3ccccc3-c3ccccc32)c1. The lowest BCUT2D eigenvalue weighted by Crippen LogP contribution is -2.32. The van der Waals surface area contributed by atoms with Crippen LogP contribution in [0.1, 0.15) is 27.8 Å². The van der Waals surface area contributed by atoms with Gasteiger partial charge in [0.2, 0.25) is 0 Å². The smallest absolute Gasteiger partial charge is 0.160 e. The molecule has 2 aliphatic rings. The summed E-state index contributed by atoms with van der Waals surface area (Å²) in [4.78, 5) is 12.9. The Labute approximate surface area is 337 Å². The van der Waals surface area contributed by atoms with Gasteiger partial charge < -0.3 is 0 Å². The number of hydrogen-bond donors (Lipinski definition) is 0. The summed E-state index contributed by atoms with van der Waals surface area (Å²) in [7, 11) is 0. The third-order valence-electron chi connectivity index (χ3n) is 11.7. The van der Waals surface area contributed by atoms with E-state index in [0.29, 0.717) is 5.82 Å². The van der Waals surface area contributed by atoms with Crippen molar-refractivity contribution in [3.8, 4) is 67.3 Å². The van der Waals surface area contributed by atoms with Gasteiger partial charge in [-0.1, -0.05) is 176 Å². The topological polar surface area (TPSA) is 25.8 Å². The van der Waals surface area contributed by atoms with Gasteiger partial charge in [-0.15, -0.1) is 0 Å². The van der Waals surface area contributed by atoms with Crippen LogP contribution in [0.15, 0.2) is 210 Å². The highest BCUT2D eigenvalue weighted by atomic mass is 32.2. The molecule has 1 aliphatic heterocycles. The van der Waals surface area contributed by atoms with E-state index >= 15 is 0 Å². The summed E-state index contributed by atoms with van der Waals surface area (Å²) in [6.07, 6.45) is 0. The van der Waals surface area contributed by atoms with E-state index in [-0.39, 0.29) is 0 Å². The fourth-order valence-electron chi connectivity index (χ4n) is 9.06. The molecule has 1 spiro atoms. The van der Waals surface area contributed by atoms with E-state index in [0.717, 1.165) is 33.6 Å². The molecule has 57 heavy (non-hydrogen) atoms. The van der Waals surface area contributed by atoms with E-state index in [1.807, 2.05) is 23.9 Å². The van der Waals surface area contributed by atoms with E-state index in [4.69, 9.17) is 9.97 Å². The first-order valence-corrected chi connectivity index (χ1v) is 20.3. The summed E-state index contributed by atoms with van der Waals surface area (Å²) in [6.45, 7) is 2.19.